The van der Waals surface area contributed by atoms with Crippen molar-refractivity contribution in [1.29, 1.82) is 0 Å². The SMILES string of the molecule is CC(CNC1CCCC1)Sc1ccc(F)c(F)c1. The molecule has 1 N–H and O–H groups in total. The molecule has 0 spiro atoms. The third kappa shape index (κ3) is 3.95. The van der Waals surface area contributed by atoms with Crippen molar-refractivity contribution in [2.45, 2.75) is 48.8 Å². The number of hydrogen-bond acceptors (Lipinski definition) is 2. The lowest BCUT2D eigenvalue weighted by molar-refractivity contribution is 0.505. The van der Waals surface area contributed by atoms with Gasteiger partial charge in [-0.05, 0) is 31.0 Å². The van der Waals surface area contributed by atoms with Gasteiger partial charge in [0.25, 0.3) is 0 Å². The number of halogens is 2. The third-order valence-corrected chi connectivity index (χ3v) is 4.37. The van der Waals surface area contributed by atoms with Gasteiger partial charge in [-0.1, -0.05) is 19.8 Å². The second kappa shape index (κ2) is 6.53. The van der Waals surface area contributed by atoms with Crippen LogP contribution in [0.3, 0.4) is 0 Å². The summed E-state index contributed by atoms with van der Waals surface area (Å²) >= 11 is 1.58. The molecule has 0 amide bonds. The van der Waals surface area contributed by atoms with Gasteiger partial charge in [0.05, 0.1) is 0 Å². The minimum atomic E-state index is -0.781. The zero-order chi connectivity index (χ0) is 13.0. The molecule has 0 saturated heterocycles. The third-order valence-electron chi connectivity index (χ3n) is 3.28. The quantitative estimate of drug-likeness (QED) is 0.813. The maximum Gasteiger partial charge on any atom is 0.159 e. The summed E-state index contributed by atoms with van der Waals surface area (Å²) in [6, 6.07) is 4.74. The van der Waals surface area contributed by atoms with E-state index in [-0.39, 0.29) is 0 Å². The van der Waals surface area contributed by atoms with Crippen LogP contribution < -0.4 is 5.32 Å². The summed E-state index contributed by atoms with van der Waals surface area (Å²) < 4.78 is 25.8. The topological polar surface area (TPSA) is 12.0 Å². The van der Waals surface area contributed by atoms with Gasteiger partial charge < -0.3 is 5.32 Å². The fourth-order valence-corrected chi connectivity index (χ4v) is 3.25. The smallest absolute Gasteiger partial charge is 0.159 e. The molecule has 1 atom stereocenters. The number of nitrogens with one attached hydrogen (secondary N) is 1. The molecule has 100 valence electrons. The summed E-state index contributed by atoms with van der Waals surface area (Å²) in [7, 11) is 0. The fraction of sp³-hybridized carbons (Fsp3) is 0.571. The lowest BCUT2D eigenvalue weighted by Crippen LogP contribution is -2.31. The molecular weight excluding hydrogens is 252 g/mol. The van der Waals surface area contributed by atoms with Crippen LogP contribution in [-0.4, -0.2) is 17.8 Å². The van der Waals surface area contributed by atoms with Crippen LogP contribution in [0.2, 0.25) is 0 Å². The largest absolute Gasteiger partial charge is 0.313 e. The first kappa shape index (κ1) is 13.8. The van der Waals surface area contributed by atoms with Crippen molar-refractivity contribution in [2.75, 3.05) is 6.54 Å². The van der Waals surface area contributed by atoms with E-state index in [0.717, 1.165) is 11.4 Å². The predicted molar refractivity (Wildman–Crippen MR) is 71.9 cm³/mol. The van der Waals surface area contributed by atoms with E-state index in [1.54, 1.807) is 17.8 Å². The number of hydrogen-bond donors (Lipinski definition) is 1. The Morgan fingerprint density at radius 2 is 2.00 bits per heavy atom. The summed E-state index contributed by atoms with van der Waals surface area (Å²) in [4.78, 5) is 0.787. The van der Waals surface area contributed by atoms with Crippen molar-refractivity contribution in [3.05, 3.63) is 29.8 Å². The van der Waals surface area contributed by atoms with Crippen LogP contribution >= 0.6 is 11.8 Å². The van der Waals surface area contributed by atoms with Gasteiger partial charge in [-0.25, -0.2) is 8.78 Å². The van der Waals surface area contributed by atoms with Crippen LogP contribution in [0.4, 0.5) is 8.78 Å². The molecule has 1 saturated carbocycles. The molecule has 2 rings (SSSR count). The van der Waals surface area contributed by atoms with E-state index >= 15 is 0 Å². The average Bonchev–Trinajstić information content (AvgIpc) is 2.84. The van der Waals surface area contributed by atoms with Gasteiger partial charge in [0.2, 0.25) is 0 Å². The van der Waals surface area contributed by atoms with E-state index in [9.17, 15) is 8.78 Å². The monoisotopic (exact) mass is 271 g/mol. The Kier molecular flexibility index (Phi) is 5.01. The highest BCUT2D eigenvalue weighted by Gasteiger charge is 2.15. The van der Waals surface area contributed by atoms with E-state index in [4.69, 9.17) is 0 Å². The van der Waals surface area contributed by atoms with E-state index in [1.807, 2.05) is 0 Å². The van der Waals surface area contributed by atoms with Crippen LogP contribution in [0, 0.1) is 11.6 Å². The number of benzene rings is 1. The van der Waals surface area contributed by atoms with E-state index in [1.165, 1.54) is 37.8 Å². The van der Waals surface area contributed by atoms with Crippen LogP contribution in [-0.2, 0) is 0 Å². The molecule has 0 aromatic heterocycles. The molecule has 0 aliphatic heterocycles. The molecule has 1 aromatic carbocycles. The summed E-state index contributed by atoms with van der Waals surface area (Å²) in [5, 5.41) is 3.90. The Morgan fingerprint density at radius 1 is 1.28 bits per heavy atom. The van der Waals surface area contributed by atoms with Crippen molar-refractivity contribution in [3.63, 3.8) is 0 Å². The highest BCUT2D eigenvalue weighted by atomic mass is 32.2. The number of rotatable bonds is 5. The first-order valence-electron chi connectivity index (χ1n) is 6.50. The van der Waals surface area contributed by atoms with Crippen molar-refractivity contribution in [1.82, 2.24) is 5.32 Å². The van der Waals surface area contributed by atoms with Crippen molar-refractivity contribution in [2.24, 2.45) is 0 Å². The first-order valence-corrected chi connectivity index (χ1v) is 7.38. The molecule has 0 radical (unpaired) electrons. The molecule has 1 nitrogen and oxygen atoms in total. The minimum Gasteiger partial charge on any atom is -0.313 e. The molecule has 0 heterocycles. The fourth-order valence-electron chi connectivity index (χ4n) is 2.29. The van der Waals surface area contributed by atoms with Crippen LogP contribution in [0.25, 0.3) is 0 Å². The summed E-state index contributed by atoms with van der Waals surface area (Å²) in [5.74, 6) is -1.55. The lowest BCUT2D eigenvalue weighted by atomic mass is 10.2. The van der Waals surface area contributed by atoms with Gasteiger partial charge in [0, 0.05) is 22.7 Å². The van der Waals surface area contributed by atoms with Gasteiger partial charge in [-0.2, -0.15) is 0 Å². The van der Waals surface area contributed by atoms with E-state index in [2.05, 4.69) is 12.2 Å². The Bertz CT molecular complexity index is 391. The maximum atomic E-state index is 13.1. The summed E-state index contributed by atoms with van der Waals surface area (Å²) in [5.41, 5.74) is 0. The standard InChI is InChI=1S/C14H19F2NS/c1-10(9-17-11-4-2-3-5-11)18-12-6-7-13(15)14(16)8-12/h6-8,10-11,17H,2-5,9H2,1H3. The Hall–Kier alpha value is -0.610. The molecule has 18 heavy (non-hydrogen) atoms. The average molecular weight is 271 g/mol. The number of thioether (sulfide) groups is 1. The van der Waals surface area contributed by atoms with Gasteiger partial charge in [-0.3, -0.25) is 0 Å². The molecule has 4 heteroatoms. The molecule has 1 fully saturated rings. The molecule has 0 bridgehead atoms. The minimum absolute atomic E-state index is 0.357. The maximum absolute atomic E-state index is 13.1. The lowest BCUT2D eigenvalue weighted by Gasteiger charge is -2.16. The first-order chi connectivity index (χ1) is 8.65. The second-order valence-corrected chi connectivity index (χ2v) is 6.41. The van der Waals surface area contributed by atoms with Gasteiger partial charge in [0.1, 0.15) is 0 Å². The van der Waals surface area contributed by atoms with Gasteiger partial charge >= 0.3 is 0 Å². The van der Waals surface area contributed by atoms with Gasteiger partial charge in [0.15, 0.2) is 11.6 Å². The Morgan fingerprint density at radius 3 is 2.67 bits per heavy atom. The molecular formula is C14H19F2NS. The highest BCUT2D eigenvalue weighted by molar-refractivity contribution is 8.00. The van der Waals surface area contributed by atoms with Crippen LogP contribution in [0.1, 0.15) is 32.6 Å². The Labute approximate surface area is 111 Å². The van der Waals surface area contributed by atoms with Crippen LogP contribution in [0.5, 0.6) is 0 Å². The van der Waals surface area contributed by atoms with Gasteiger partial charge in [-0.15, -0.1) is 11.8 Å². The highest BCUT2D eigenvalue weighted by Crippen LogP contribution is 2.25. The molecule has 1 unspecified atom stereocenters. The van der Waals surface area contributed by atoms with E-state index in [0.29, 0.717) is 11.3 Å². The zero-order valence-corrected chi connectivity index (χ0v) is 11.4. The normalized spacial score (nSPS) is 18.2. The van der Waals surface area contributed by atoms with Crippen LogP contribution in [0.15, 0.2) is 23.1 Å². The van der Waals surface area contributed by atoms with Crippen molar-refractivity contribution >= 4 is 11.8 Å². The van der Waals surface area contributed by atoms with Crippen molar-refractivity contribution < 1.29 is 8.78 Å². The summed E-state index contributed by atoms with van der Waals surface area (Å²) in [6.07, 6.45) is 5.18. The van der Waals surface area contributed by atoms with Crippen molar-refractivity contribution in [3.8, 4) is 0 Å². The second-order valence-electron chi connectivity index (χ2n) is 4.89. The zero-order valence-electron chi connectivity index (χ0n) is 10.6. The Balaban J connectivity index is 1.78. The predicted octanol–water partition coefficient (Wildman–Crippen LogP) is 3.98. The molecule has 1 aliphatic carbocycles. The summed E-state index contributed by atoms with van der Waals surface area (Å²) in [6.45, 7) is 3.02. The molecule has 1 aliphatic rings. The molecule has 1 aromatic rings. The van der Waals surface area contributed by atoms with E-state index < -0.39 is 11.6 Å².